The Kier molecular flexibility index (Phi) is 43.9. The molecule has 56 valence electrons. The normalized spacial score (nSPS) is 6.56. The first-order valence-corrected chi connectivity index (χ1v) is 2.30. The zero-order valence-electron chi connectivity index (χ0n) is 4.38. The Hall–Kier alpha value is 2.62. The molecule has 0 rings (SSSR count). The second-order valence-corrected chi connectivity index (χ2v) is 1.47. The van der Waals surface area contributed by atoms with Crippen molar-refractivity contribution in [3.05, 3.63) is 0 Å². The fraction of sp³-hybridized carbons (Fsp3) is 0. The smallest absolute Gasteiger partial charge is 0.756 e. The monoisotopic (exact) mass is 244 g/mol. The van der Waals surface area contributed by atoms with Crippen LogP contribution in [0.5, 0.6) is 0 Å². The molecule has 0 aromatic heterocycles. The predicted molar refractivity (Wildman–Crippen MR) is 33.8 cm³/mol. The van der Waals surface area contributed by atoms with E-state index >= 15 is 0 Å². The van der Waals surface area contributed by atoms with Crippen LogP contribution in [0.25, 0.3) is 0 Å². The summed E-state index contributed by atoms with van der Waals surface area (Å²) in [7, 11) is -4.89. The van der Waals surface area contributed by atoms with Crippen molar-refractivity contribution in [3.63, 3.8) is 0 Å². The first-order valence-electron chi connectivity index (χ1n) is 0.765. The Morgan fingerprint density at radius 1 is 1.11 bits per heavy atom. The van der Waals surface area contributed by atoms with Gasteiger partial charge in [-0.3, -0.25) is 4.57 Å². The first kappa shape index (κ1) is 29.9. The van der Waals surface area contributed by atoms with Gasteiger partial charge in [0.1, 0.15) is 0 Å². The summed E-state index contributed by atoms with van der Waals surface area (Å²) in [6.45, 7) is 0. The van der Waals surface area contributed by atoms with Crippen molar-refractivity contribution >= 4 is 45.0 Å². The minimum Gasteiger partial charge on any atom is -0.756 e. The molecule has 0 aliphatic carbocycles. The summed E-state index contributed by atoms with van der Waals surface area (Å²) in [5.74, 6) is 0. The van der Waals surface area contributed by atoms with Crippen molar-refractivity contribution in [2.75, 3.05) is 0 Å². The van der Waals surface area contributed by atoms with Crippen LogP contribution in [0, 0.1) is 0 Å². The molecule has 0 aromatic rings. The third-order valence-electron chi connectivity index (χ3n) is 0. The number of rotatable bonds is 0. The summed E-state index contributed by atoms with van der Waals surface area (Å²) >= 11 is 0. The minimum atomic E-state index is -4.89. The SMILES string of the molecule is Cl.Cl.Cl.O=P([O-])(O)O.[K+]. The van der Waals surface area contributed by atoms with Crippen LogP contribution in [0.15, 0.2) is 0 Å². The van der Waals surface area contributed by atoms with E-state index in [2.05, 4.69) is 0 Å². The van der Waals surface area contributed by atoms with Gasteiger partial charge in [-0.1, -0.05) is 0 Å². The molecule has 9 heteroatoms. The predicted octanol–water partition coefficient (Wildman–Crippen LogP) is -3.29. The third-order valence-corrected chi connectivity index (χ3v) is 0. The molecule has 0 aliphatic heterocycles. The second-order valence-electron chi connectivity index (χ2n) is 0.491. The summed E-state index contributed by atoms with van der Waals surface area (Å²) in [5.41, 5.74) is 0. The van der Waals surface area contributed by atoms with E-state index in [1.165, 1.54) is 0 Å². The van der Waals surface area contributed by atoms with E-state index in [1.54, 1.807) is 0 Å². The van der Waals surface area contributed by atoms with Crippen LogP contribution in [-0.4, -0.2) is 9.79 Å². The average molecular weight is 245 g/mol. The van der Waals surface area contributed by atoms with E-state index in [-0.39, 0.29) is 88.6 Å². The largest absolute Gasteiger partial charge is 1.00 e. The molecule has 4 nitrogen and oxygen atoms in total. The quantitative estimate of drug-likeness (QED) is 0.346. The number of halogens is 3. The summed E-state index contributed by atoms with van der Waals surface area (Å²) in [4.78, 5) is 22.9. The Labute approximate surface area is 114 Å². The molecule has 0 amide bonds. The number of phosphoric acid groups is 1. The summed E-state index contributed by atoms with van der Waals surface area (Å²) < 4.78 is 8.77. The van der Waals surface area contributed by atoms with Crippen molar-refractivity contribution in [1.29, 1.82) is 0 Å². The van der Waals surface area contributed by atoms with Gasteiger partial charge in [-0.2, -0.15) is 0 Å². The van der Waals surface area contributed by atoms with Gasteiger partial charge < -0.3 is 14.7 Å². The van der Waals surface area contributed by atoms with Crippen molar-refractivity contribution in [1.82, 2.24) is 0 Å². The van der Waals surface area contributed by atoms with E-state index in [4.69, 9.17) is 19.2 Å². The van der Waals surface area contributed by atoms with Crippen molar-refractivity contribution in [3.8, 4) is 0 Å². The van der Waals surface area contributed by atoms with E-state index in [9.17, 15) is 0 Å². The van der Waals surface area contributed by atoms with Gasteiger partial charge in [0.25, 0.3) is 7.82 Å². The van der Waals surface area contributed by atoms with Crippen LogP contribution < -0.4 is 56.3 Å². The maximum Gasteiger partial charge on any atom is 1.00 e. The van der Waals surface area contributed by atoms with E-state index in [0.29, 0.717) is 0 Å². The van der Waals surface area contributed by atoms with Gasteiger partial charge in [0.2, 0.25) is 0 Å². The molecule has 0 atom stereocenters. The Balaban J connectivity index is -0.0000000133. The second kappa shape index (κ2) is 13.2. The van der Waals surface area contributed by atoms with Crippen molar-refractivity contribution in [2.45, 2.75) is 0 Å². The third kappa shape index (κ3) is 115. The van der Waals surface area contributed by atoms with Gasteiger partial charge in [0, 0.05) is 0 Å². The fourth-order valence-corrected chi connectivity index (χ4v) is 0. The van der Waals surface area contributed by atoms with Crippen molar-refractivity contribution < 1.29 is 70.6 Å². The number of hydrogen-bond donors (Lipinski definition) is 2. The van der Waals surface area contributed by atoms with Gasteiger partial charge in [-0.05, 0) is 0 Å². The molecule has 0 fully saturated rings. The van der Waals surface area contributed by atoms with E-state index < -0.39 is 7.82 Å². The molecule has 0 heterocycles. The summed E-state index contributed by atoms with van der Waals surface area (Å²) in [6.07, 6.45) is 0. The van der Waals surface area contributed by atoms with Crippen LogP contribution >= 0.6 is 45.0 Å². The molecule has 2 N–H and O–H groups in total. The standard InChI is InChI=1S/3ClH.K.H3O4P/c;;;;1-5(2,3)4/h3*1H;;(H3,1,2,3,4)/q;;;+1;/p-1. The van der Waals surface area contributed by atoms with Crippen LogP contribution in [0.3, 0.4) is 0 Å². The first-order chi connectivity index (χ1) is 2.00. The molecule has 0 aliphatic rings. The fourth-order valence-electron chi connectivity index (χ4n) is 0. The topological polar surface area (TPSA) is 80.6 Å². The Morgan fingerprint density at radius 2 is 1.11 bits per heavy atom. The summed E-state index contributed by atoms with van der Waals surface area (Å²) in [5, 5.41) is 0. The average Bonchev–Trinajstić information content (AvgIpc) is 0.722. The molecule has 0 saturated heterocycles. The van der Waals surface area contributed by atoms with Gasteiger partial charge in [-0.25, -0.2) is 0 Å². The van der Waals surface area contributed by atoms with Crippen LogP contribution in [0.1, 0.15) is 0 Å². The minimum absolute atomic E-state index is 0. The molecular formula is H5Cl3KO4P. The van der Waals surface area contributed by atoms with Gasteiger partial charge in [-0.15, -0.1) is 37.2 Å². The maximum absolute atomic E-state index is 8.77. The number of hydrogen-bond acceptors (Lipinski definition) is 2. The van der Waals surface area contributed by atoms with Gasteiger partial charge >= 0.3 is 51.4 Å². The van der Waals surface area contributed by atoms with Crippen LogP contribution in [0.4, 0.5) is 0 Å². The molecule has 0 aromatic carbocycles. The molecular weight excluding hydrogens is 240 g/mol. The van der Waals surface area contributed by atoms with Crippen molar-refractivity contribution in [2.24, 2.45) is 0 Å². The van der Waals surface area contributed by atoms with E-state index in [1.807, 2.05) is 0 Å². The Morgan fingerprint density at radius 3 is 1.11 bits per heavy atom. The van der Waals surface area contributed by atoms with Gasteiger partial charge in [0.05, 0.1) is 0 Å². The van der Waals surface area contributed by atoms with Crippen LogP contribution in [0.2, 0.25) is 0 Å². The maximum atomic E-state index is 8.77. The molecule has 0 saturated carbocycles. The zero-order valence-corrected chi connectivity index (χ0v) is 10.8. The van der Waals surface area contributed by atoms with E-state index in [0.717, 1.165) is 0 Å². The molecule has 0 bridgehead atoms. The van der Waals surface area contributed by atoms with Crippen LogP contribution in [-0.2, 0) is 4.57 Å². The molecule has 0 spiro atoms. The van der Waals surface area contributed by atoms with Gasteiger partial charge in [0.15, 0.2) is 0 Å². The molecule has 9 heavy (non-hydrogen) atoms. The molecule has 0 unspecified atom stereocenters. The Bertz CT molecular complexity index is 61.9. The molecule has 0 radical (unpaired) electrons. The zero-order chi connectivity index (χ0) is 4.50. The summed E-state index contributed by atoms with van der Waals surface area (Å²) in [6, 6.07) is 0.